The van der Waals surface area contributed by atoms with Gasteiger partial charge < -0.3 is 4.74 Å². The predicted molar refractivity (Wildman–Crippen MR) is 64.9 cm³/mol. The monoisotopic (exact) mass is 266 g/mol. The molecule has 2 heteroatoms. The van der Waals surface area contributed by atoms with Crippen molar-refractivity contribution in [2.75, 3.05) is 0 Å². The zero-order valence-electron chi connectivity index (χ0n) is 11.9. The second-order valence-corrected chi connectivity index (χ2v) is 3.71. The highest BCUT2D eigenvalue weighted by atomic mass is 79.9. The second-order valence-electron chi connectivity index (χ2n) is 2.92. The second kappa shape index (κ2) is 4.99. The Morgan fingerprint density at radius 1 is 1.07 bits per heavy atom. The maximum absolute atomic E-state index is 7.79. The molecule has 0 N–H and O–H groups in total. The van der Waals surface area contributed by atoms with Crippen LogP contribution >= 0.6 is 15.9 Å². The summed E-state index contributed by atoms with van der Waals surface area (Å²) in [5.41, 5.74) is 0.905. The van der Waals surface area contributed by atoms with Crippen LogP contribution in [0.5, 0.6) is 5.75 Å². The lowest BCUT2D eigenvalue weighted by Crippen LogP contribution is -1.94. The van der Waals surface area contributed by atoms with Crippen LogP contribution in [0.1, 0.15) is 11.0 Å². The Labute approximate surface area is 103 Å². The minimum absolute atomic E-state index is 0.0259. The van der Waals surface area contributed by atoms with Crippen LogP contribution in [-0.4, -0.2) is 0 Å². The average Bonchev–Trinajstić information content (AvgIpc) is 2.44. The van der Waals surface area contributed by atoms with Crippen molar-refractivity contribution in [3.05, 3.63) is 64.5 Å². The summed E-state index contributed by atoms with van der Waals surface area (Å²) in [7, 11) is 0. The number of rotatable bonds is 3. The number of benzene rings is 2. The van der Waals surface area contributed by atoms with Crippen LogP contribution in [0.3, 0.4) is 0 Å². The number of halogens is 1. The van der Waals surface area contributed by atoms with Crippen molar-refractivity contribution in [1.82, 2.24) is 0 Å². The molecule has 0 bridgehead atoms. The summed E-state index contributed by atoms with van der Waals surface area (Å²) in [4.78, 5) is 0. The van der Waals surface area contributed by atoms with Gasteiger partial charge in [-0.1, -0.05) is 46.3 Å². The molecule has 0 heterocycles. The van der Waals surface area contributed by atoms with Crippen LogP contribution in [0.25, 0.3) is 0 Å². The Hall–Kier alpha value is -1.28. The molecule has 0 spiro atoms. The van der Waals surface area contributed by atoms with E-state index in [1.165, 1.54) is 0 Å². The van der Waals surface area contributed by atoms with E-state index >= 15 is 0 Å². The van der Waals surface area contributed by atoms with E-state index in [1.54, 1.807) is 0 Å². The standard InChI is InChI=1S/C13H11BrO/c14-12-6-8-13(9-7-12)15-10-11-4-2-1-3-5-11/h1-9H,10H2/i6D,7D,8D,9D. The molecule has 0 saturated heterocycles. The molecule has 2 aromatic rings. The highest BCUT2D eigenvalue weighted by molar-refractivity contribution is 9.10. The van der Waals surface area contributed by atoms with Crippen molar-refractivity contribution >= 4 is 15.9 Å². The summed E-state index contributed by atoms with van der Waals surface area (Å²) in [6.07, 6.45) is 0. The fourth-order valence-corrected chi connectivity index (χ4v) is 1.29. The largest absolute Gasteiger partial charge is 0.489 e. The first-order valence-corrected chi connectivity index (χ1v) is 5.24. The van der Waals surface area contributed by atoms with Crippen molar-refractivity contribution in [2.45, 2.75) is 6.61 Å². The zero-order valence-corrected chi connectivity index (χ0v) is 9.47. The van der Waals surface area contributed by atoms with Crippen LogP contribution in [-0.2, 0) is 6.61 Å². The van der Waals surface area contributed by atoms with Crippen LogP contribution in [0.15, 0.2) is 59.0 Å². The maximum Gasteiger partial charge on any atom is 0.119 e. The molecular formula is C13H11BrO. The molecule has 2 aromatic carbocycles. The normalized spacial score (nSPS) is 13.7. The fraction of sp³-hybridized carbons (Fsp3) is 0.0769. The van der Waals surface area contributed by atoms with Gasteiger partial charge in [-0.25, -0.2) is 0 Å². The van der Waals surface area contributed by atoms with Crippen molar-refractivity contribution in [3.63, 3.8) is 0 Å². The summed E-state index contributed by atoms with van der Waals surface area (Å²) >= 11 is 3.04. The van der Waals surface area contributed by atoms with E-state index in [0.29, 0.717) is 0 Å². The third-order valence-corrected chi connectivity index (χ3v) is 2.19. The van der Waals surface area contributed by atoms with Crippen molar-refractivity contribution < 1.29 is 10.2 Å². The highest BCUT2D eigenvalue weighted by Gasteiger charge is 1.94. The van der Waals surface area contributed by atoms with Crippen LogP contribution in [0.4, 0.5) is 0 Å². The number of hydrogen-bond donors (Lipinski definition) is 0. The molecule has 76 valence electrons. The van der Waals surface area contributed by atoms with Gasteiger partial charge in [0.05, 0.1) is 5.48 Å². The van der Waals surface area contributed by atoms with Gasteiger partial charge in [-0.3, -0.25) is 0 Å². The molecule has 0 aliphatic carbocycles. The van der Waals surface area contributed by atoms with E-state index in [0.717, 1.165) is 5.56 Å². The van der Waals surface area contributed by atoms with E-state index in [1.807, 2.05) is 30.3 Å². The van der Waals surface area contributed by atoms with E-state index in [9.17, 15) is 0 Å². The third-order valence-electron chi connectivity index (χ3n) is 1.80. The maximum atomic E-state index is 7.79. The minimum atomic E-state index is -0.177. The summed E-state index contributed by atoms with van der Waals surface area (Å²) < 4.78 is 36.5. The van der Waals surface area contributed by atoms with Gasteiger partial charge in [-0.05, 0) is 29.7 Å². The number of hydrogen-bond acceptors (Lipinski definition) is 1. The molecule has 0 amide bonds. The summed E-state index contributed by atoms with van der Waals surface area (Å²) in [6.45, 7) is 0.207. The third kappa shape index (κ3) is 3.10. The average molecular weight is 267 g/mol. The van der Waals surface area contributed by atoms with Gasteiger partial charge in [0.15, 0.2) is 0 Å². The van der Waals surface area contributed by atoms with Crippen LogP contribution in [0, 0.1) is 0 Å². The van der Waals surface area contributed by atoms with Crippen molar-refractivity contribution in [2.24, 2.45) is 0 Å². The molecule has 0 fully saturated rings. The Bertz CT molecular complexity index is 572. The van der Waals surface area contributed by atoms with Gasteiger partial charge in [-0.15, -0.1) is 0 Å². The smallest absolute Gasteiger partial charge is 0.119 e. The molecule has 0 atom stereocenters. The molecule has 0 radical (unpaired) electrons. The molecule has 0 saturated carbocycles. The number of ether oxygens (including phenoxy) is 1. The lowest BCUT2D eigenvalue weighted by atomic mass is 10.2. The minimum Gasteiger partial charge on any atom is -0.489 e. The molecule has 0 aromatic heterocycles. The Morgan fingerprint density at radius 2 is 1.73 bits per heavy atom. The highest BCUT2D eigenvalue weighted by Crippen LogP contribution is 2.17. The van der Waals surface area contributed by atoms with E-state index in [-0.39, 0.29) is 41.0 Å². The quantitative estimate of drug-likeness (QED) is 0.815. The molecular weight excluding hydrogens is 252 g/mol. The Kier molecular flexibility index (Phi) is 2.11. The Morgan fingerprint density at radius 3 is 2.40 bits per heavy atom. The van der Waals surface area contributed by atoms with Gasteiger partial charge in [0.25, 0.3) is 0 Å². The van der Waals surface area contributed by atoms with E-state index < -0.39 is 0 Å². The zero-order chi connectivity index (χ0) is 14.0. The van der Waals surface area contributed by atoms with Gasteiger partial charge in [0.2, 0.25) is 0 Å². The summed E-state index contributed by atoms with van der Waals surface area (Å²) in [6, 6.07) is 8.74. The first-order chi connectivity index (χ1) is 9.02. The Balaban J connectivity index is 2.31. The van der Waals surface area contributed by atoms with Crippen molar-refractivity contribution in [3.8, 4) is 5.75 Å². The molecule has 0 aliphatic heterocycles. The molecule has 0 unspecified atom stereocenters. The van der Waals surface area contributed by atoms with E-state index in [4.69, 9.17) is 10.2 Å². The topological polar surface area (TPSA) is 9.23 Å². The molecule has 1 nitrogen and oxygen atoms in total. The van der Waals surface area contributed by atoms with Crippen LogP contribution < -0.4 is 4.74 Å². The van der Waals surface area contributed by atoms with E-state index in [2.05, 4.69) is 15.9 Å². The molecule has 15 heavy (non-hydrogen) atoms. The van der Waals surface area contributed by atoms with Gasteiger partial charge in [0, 0.05) is 4.47 Å². The van der Waals surface area contributed by atoms with Crippen molar-refractivity contribution in [1.29, 1.82) is 0 Å². The first-order valence-electron chi connectivity index (χ1n) is 6.45. The van der Waals surface area contributed by atoms with Crippen LogP contribution in [0.2, 0.25) is 0 Å². The lowest BCUT2D eigenvalue weighted by molar-refractivity contribution is 0.306. The first kappa shape index (κ1) is 6.33. The predicted octanol–water partition coefficient (Wildman–Crippen LogP) is 4.03. The van der Waals surface area contributed by atoms with Gasteiger partial charge in [0.1, 0.15) is 12.4 Å². The molecule has 2 rings (SSSR count). The lowest BCUT2D eigenvalue weighted by Gasteiger charge is -2.05. The van der Waals surface area contributed by atoms with Gasteiger partial charge >= 0.3 is 0 Å². The summed E-state index contributed by atoms with van der Waals surface area (Å²) in [5, 5.41) is 0. The SMILES string of the molecule is [2H]c1c([2H])c(OCc2ccccc2)c([2H])c([2H])c1Br. The van der Waals surface area contributed by atoms with Gasteiger partial charge in [-0.2, -0.15) is 0 Å². The fourth-order valence-electron chi connectivity index (χ4n) is 1.09. The molecule has 0 aliphatic rings. The summed E-state index contributed by atoms with van der Waals surface area (Å²) in [5.74, 6) is -0.0259.